The number of nitrogens with one attached hydrogen (secondary N) is 1. The van der Waals surface area contributed by atoms with Crippen LogP contribution in [0.2, 0.25) is 0 Å². The molecule has 0 radical (unpaired) electrons. The number of carbonyl (C=O) groups excluding carboxylic acids is 1. The molecule has 0 bridgehead atoms. The van der Waals surface area contributed by atoms with E-state index in [0.717, 1.165) is 10.9 Å². The molecule has 0 atom stereocenters. The highest BCUT2D eigenvalue weighted by atomic mass is 16.6. The van der Waals surface area contributed by atoms with Crippen LogP contribution in [-0.4, -0.2) is 24.0 Å². The first-order chi connectivity index (χ1) is 10.3. The van der Waals surface area contributed by atoms with E-state index in [9.17, 15) is 4.79 Å². The molecule has 2 heterocycles. The van der Waals surface area contributed by atoms with Crippen molar-refractivity contribution in [2.45, 2.75) is 0 Å². The van der Waals surface area contributed by atoms with E-state index in [-0.39, 0.29) is 5.78 Å². The molecule has 0 spiro atoms. The fraction of sp³-hybridized carbons (Fsp3) is 0.118. The first kappa shape index (κ1) is 12.0. The van der Waals surface area contributed by atoms with Crippen LogP contribution < -0.4 is 9.47 Å². The van der Waals surface area contributed by atoms with Crippen LogP contribution >= 0.6 is 0 Å². The van der Waals surface area contributed by atoms with Gasteiger partial charge in [0.05, 0.1) is 5.69 Å². The molecule has 0 unspecified atom stereocenters. The van der Waals surface area contributed by atoms with Crippen molar-refractivity contribution in [1.82, 2.24) is 4.98 Å². The lowest BCUT2D eigenvalue weighted by Crippen LogP contribution is -2.15. The molecule has 1 aromatic heterocycles. The number of hydrogen-bond donors (Lipinski definition) is 1. The number of rotatable bonds is 2. The molecule has 0 fully saturated rings. The summed E-state index contributed by atoms with van der Waals surface area (Å²) >= 11 is 0. The Balaban J connectivity index is 1.73. The minimum atomic E-state index is -0.0526. The topological polar surface area (TPSA) is 51.3 Å². The second-order valence-electron chi connectivity index (χ2n) is 4.96. The highest BCUT2D eigenvalue weighted by Crippen LogP contribution is 2.31. The van der Waals surface area contributed by atoms with E-state index in [1.807, 2.05) is 30.3 Å². The molecule has 4 heteroatoms. The van der Waals surface area contributed by atoms with Gasteiger partial charge in [-0.05, 0) is 30.3 Å². The molecule has 4 nitrogen and oxygen atoms in total. The first-order valence-electron chi connectivity index (χ1n) is 6.83. The van der Waals surface area contributed by atoms with Crippen LogP contribution in [0.1, 0.15) is 16.1 Å². The SMILES string of the molecule is O=C(c1ccc2c(c1)OCCO2)c1cc2ccccc2[nH]1. The van der Waals surface area contributed by atoms with Crippen molar-refractivity contribution < 1.29 is 14.3 Å². The van der Waals surface area contributed by atoms with Gasteiger partial charge < -0.3 is 14.5 Å². The Kier molecular flexibility index (Phi) is 2.67. The Morgan fingerprint density at radius 1 is 0.952 bits per heavy atom. The van der Waals surface area contributed by atoms with Gasteiger partial charge in [-0.1, -0.05) is 18.2 Å². The van der Waals surface area contributed by atoms with E-state index in [1.165, 1.54) is 0 Å². The number of H-pyrrole nitrogens is 1. The summed E-state index contributed by atoms with van der Waals surface area (Å²) in [6.07, 6.45) is 0. The van der Waals surface area contributed by atoms with Gasteiger partial charge in [0, 0.05) is 16.5 Å². The molecule has 2 aromatic carbocycles. The van der Waals surface area contributed by atoms with Crippen molar-refractivity contribution in [3.05, 3.63) is 59.8 Å². The van der Waals surface area contributed by atoms with Crippen LogP contribution in [0.25, 0.3) is 10.9 Å². The van der Waals surface area contributed by atoms with Crippen LogP contribution in [-0.2, 0) is 0 Å². The van der Waals surface area contributed by atoms with E-state index in [1.54, 1.807) is 18.2 Å². The second-order valence-corrected chi connectivity index (χ2v) is 4.96. The Morgan fingerprint density at radius 3 is 2.62 bits per heavy atom. The molecule has 0 aliphatic carbocycles. The van der Waals surface area contributed by atoms with Gasteiger partial charge in [0.1, 0.15) is 13.2 Å². The summed E-state index contributed by atoms with van der Waals surface area (Å²) in [6, 6.07) is 15.0. The highest BCUT2D eigenvalue weighted by Gasteiger charge is 2.17. The number of aromatic amines is 1. The predicted octanol–water partition coefficient (Wildman–Crippen LogP) is 3.17. The van der Waals surface area contributed by atoms with Crippen molar-refractivity contribution in [3.63, 3.8) is 0 Å². The van der Waals surface area contributed by atoms with E-state index >= 15 is 0 Å². The van der Waals surface area contributed by atoms with Gasteiger partial charge in [0.2, 0.25) is 5.78 Å². The van der Waals surface area contributed by atoms with E-state index < -0.39 is 0 Å². The maximum absolute atomic E-state index is 12.6. The van der Waals surface area contributed by atoms with Crippen LogP contribution in [0.3, 0.4) is 0 Å². The van der Waals surface area contributed by atoms with Gasteiger partial charge in [0.25, 0.3) is 0 Å². The number of ether oxygens (including phenoxy) is 2. The molecule has 0 amide bonds. The van der Waals surface area contributed by atoms with Crippen molar-refractivity contribution in [2.75, 3.05) is 13.2 Å². The smallest absolute Gasteiger partial charge is 0.209 e. The third-order valence-electron chi connectivity index (χ3n) is 3.58. The fourth-order valence-electron chi connectivity index (χ4n) is 2.54. The van der Waals surface area contributed by atoms with Crippen LogP contribution in [0, 0.1) is 0 Å². The lowest BCUT2D eigenvalue weighted by Gasteiger charge is -2.18. The molecule has 1 N–H and O–H groups in total. The van der Waals surface area contributed by atoms with Gasteiger partial charge in [0.15, 0.2) is 11.5 Å². The summed E-state index contributed by atoms with van der Waals surface area (Å²) in [5, 5.41) is 1.03. The third kappa shape index (κ3) is 2.05. The van der Waals surface area contributed by atoms with E-state index in [4.69, 9.17) is 9.47 Å². The minimum absolute atomic E-state index is 0.0526. The lowest BCUT2D eigenvalue weighted by molar-refractivity contribution is 0.103. The number of fused-ring (bicyclic) bond motifs is 2. The van der Waals surface area contributed by atoms with Crippen molar-refractivity contribution in [1.29, 1.82) is 0 Å². The summed E-state index contributed by atoms with van der Waals surface area (Å²) in [6.45, 7) is 1.05. The third-order valence-corrected chi connectivity index (χ3v) is 3.58. The van der Waals surface area contributed by atoms with Gasteiger partial charge >= 0.3 is 0 Å². The van der Waals surface area contributed by atoms with E-state index in [0.29, 0.717) is 36.0 Å². The Hall–Kier alpha value is -2.75. The fourth-order valence-corrected chi connectivity index (χ4v) is 2.54. The second kappa shape index (κ2) is 4.66. The zero-order valence-electron chi connectivity index (χ0n) is 11.3. The normalized spacial score (nSPS) is 13.3. The highest BCUT2D eigenvalue weighted by molar-refractivity contribution is 6.10. The molecule has 0 saturated heterocycles. The van der Waals surface area contributed by atoms with Crippen molar-refractivity contribution in [3.8, 4) is 11.5 Å². The molecule has 4 rings (SSSR count). The summed E-state index contributed by atoms with van der Waals surface area (Å²) in [5.74, 6) is 1.26. The van der Waals surface area contributed by atoms with Crippen LogP contribution in [0.15, 0.2) is 48.5 Å². The standard InChI is InChI=1S/C17H13NO3/c19-17(14-9-11-3-1-2-4-13(11)18-14)12-5-6-15-16(10-12)21-8-7-20-15/h1-6,9-10,18H,7-8H2. The van der Waals surface area contributed by atoms with Gasteiger partial charge in [-0.15, -0.1) is 0 Å². The molecule has 21 heavy (non-hydrogen) atoms. The monoisotopic (exact) mass is 279 g/mol. The van der Waals surface area contributed by atoms with Crippen molar-refractivity contribution >= 4 is 16.7 Å². The zero-order chi connectivity index (χ0) is 14.2. The molecule has 0 saturated carbocycles. The first-order valence-corrected chi connectivity index (χ1v) is 6.83. The minimum Gasteiger partial charge on any atom is -0.486 e. The Labute approximate surface area is 121 Å². The number of para-hydroxylation sites is 1. The van der Waals surface area contributed by atoms with E-state index in [2.05, 4.69) is 4.98 Å². The summed E-state index contributed by atoms with van der Waals surface area (Å²) < 4.78 is 11.0. The molecule has 1 aliphatic heterocycles. The number of carbonyl (C=O) groups is 1. The Bertz CT molecular complexity index is 802. The number of ketones is 1. The summed E-state index contributed by atoms with van der Waals surface area (Å²) in [4.78, 5) is 15.7. The van der Waals surface area contributed by atoms with Crippen LogP contribution in [0.5, 0.6) is 11.5 Å². The predicted molar refractivity (Wildman–Crippen MR) is 79.2 cm³/mol. The van der Waals surface area contributed by atoms with Crippen molar-refractivity contribution in [2.24, 2.45) is 0 Å². The molecule has 104 valence electrons. The molecule has 3 aromatic rings. The molecule has 1 aliphatic rings. The summed E-state index contributed by atoms with van der Waals surface area (Å²) in [5.41, 5.74) is 2.12. The number of aromatic nitrogens is 1. The number of hydrogen-bond acceptors (Lipinski definition) is 3. The van der Waals surface area contributed by atoms with Crippen LogP contribution in [0.4, 0.5) is 0 Å². The number of benzene rings is 2. The van der Waals surface area contributed by atoms with Gasteiger partial charge in [-0.2, -0.15) is 0 Å². The zero-order valence-corrected chi connectivity index (χ0v) is 11.3. The largest absolute Gasteiger partial charge is 0.486 e. The maximum atomic E-state index is 12.6. The summed E-state index contributed by atoms with van der Waals surface area (Å²) in [7, 11) is 0. The molecular weight excluding hydrogens is 266 g/mol. The maximum Gasteiger partial charge on any atom is 0.209 e. The Morgan fingerprint density at radius 2 is 1.76 bits per heavy atom. The average Bonchev–Trinajstić information content (AvgIpc) is 2.97. The quantitative estimate of drug-likeness (QED) is 0.733. The van der Waals surface area contributed by atoms with Gasteiger partial charge in [-0.25, -0.2) is 0 Å². The molecular formula is C17H13NO3. The average molecular weight is 279 g/mol. The van der Waals surface area contributed by atoms with Gasteiger partial charge in [-0.3, -0.25) is 4.79 Å². The lowest BCUT2D eigenvalue weighted by atomic mass is 10.1.